The van der Waals surface area contributed by atoms with Gasteiger partial charge in [-0.1, -0.05) is 18.2 Å². The molecule has 5 atom stereocenters. The fraction of sp³-hybridized carbons (Fsp3) is 0.531. The van der Waals surface area contributed by atoms with Crippen LogP contribution in [0.2, 0.25) is 0 Å². The fourth-order valence-corrected chi connectivity index (χ4v) is 5.86. The van der Waals surface area contributed by atoms with Crippen LogP contribution in [-0.2, 0) is 35.2 Å². The summed E-state index contributed by atoms with van der Waals surface area (Å²) in [4.78, 5) is 85.5. The van der Waals surface area contributed by atoms with Crippen molar-refractivity contribution in [3.05, 3.63) is 36.0 Å². The van der Waals surface area contributed by atoms with Crippen LogP contribution in [0.1, 0.15) is 56.9 Å². The number of nitrogens with two attached hydrogens (primary N) is 4. The molecule has 1 aliphatic rings. The topological polar surface area (TPSA) is 314 Å². The number of aromatic nitrogens is 1. The molecule has 18 nitrogen and oxygen atoms in total. The van der Waals surface area contributed by atoms with E-state index in [9.17, 15) is 33.9 Å². The van der Waals surface area contributed by atoms with Crippen LogP contribution in [0.3, 0.4) is 0 Å². The third-order valence-corrected chi connectivity index (χ3v) is 8.42. The van der Waals surface area contributed by atoms with Crippen LogP contribution in [0.15, 0.2) is 35.5 Å². The lowest BCUT2D eigenvalue weighted by Crippen LogP contribution is -2.58. The Hall–Kier alpha value is -5.23. The summed E-state index contributed by atoms with van der Waals surface area (Å²) in [6.07, 6.45) is 3.20. The number of rotatable bonds is 20. The van der Waals surface area contributed by atoms with Crippen LogP contribution in [0.25, 0.3) is 10.9 Å². The normalized spacial score (nSPS) is 16.5. The van der Waals surface area contributed by atoms with Crippen molar-refractivity contribution in [3.63, 3.8) is 0 Å². The minimum absolute atomic E-state index is 0.0139. The zero-order chi connectivity index (χ0) is 36.8. The number of fused-ring (bicyclic) bond motifs is 1. The number of carbonyl (C=O) groups excluding carboxylic acids is 4. The summed E-state index contributed by atoms with van der Waals surface area (Å²) in [5, 5.41) is 27.5. The first-order valence-electron chi connectivity index (χ1n) is 16.5. The van der Waals surface area contributed by atoms with Gasteiger partial charge in [-0.2, -0.15) is 0 Å². The molecular formula is C32H48N10O8. The summed E-state index contributed by atoms with van der Waals surface area (Å²) < 4.78 is 0. The predicted octanol–water partition coefficient (Wildman–Crippen LogP) is -1.77. The summed E-state index contributed by atoms with van der Waals surface area (Å²) in [5.41, 5.74) is 23.7. The molecular weight excluding hydrogens is 652 g/mol. The predicted molar refractivity (Wildman–Crippen MR) is 183 cm³/mol. The third kappa shape index (κ3) is 11.4. The highest BCUT2D eigenvalue weighted by molar-refractivity contribution is 5.96. The molecule has 18 heteroatoms. The quantitative estimate of drug-likeness (QED) is 0.0417. The third-order valence-electron chi connectivity index (χ3n) is 8.42. The molecule has 3 rings (SSSR count). The molecule has 2 heterocycles. The SMILES string of the molecule is NCCCCC(NC(=O)C(CCCN=C(N)N)NC(=O)C(Cc1c[nH]c2ccccc12)NC(=O)C1CCCN1C(=O)C(N)CC(=O)O)C(=O)O. The number of carboxylic acid groups (broad SMARTS) is 2. The average molecular weight is 701 g/mol. The van der Waals surface area contributed by atoms with Crippen molar-refractivity contribution >= 4 is 52.4 Å². The number of aliphatic imine (C=N–C) groups is 1. The zero-order valence-corrected chi connectivity index (χ0v) is 27.8. The van der Waals surface area contributed by atoms with Gasteiger partial charge < -0.3 is 59.0 Å². The second-order valence-electron chi connectivity index (χ2n) is 12.2. The first-order chi connectivity index (χ1) is 23.8. The first-order valence-corrected chi connectivity index (χ1v) is 16.5. The van der Waals surface area contributed by atoms with E-state index < -0.39 is 72.2 Å². The molecule has 274 valence electrons. The van der Waals surface area contributed by atoms with Gasteiger partial charge in [-0.3, -0.25) is 29.0 Å². The Morgan fingerprint density at radius 2 is 1.62 bits per heavy atom. The molecule has 0 radical (unpaired) electrons. The number of H-pyrrole nitrogens is 1. The lowest BCUT2D eigenvalue weighted by Gasteiger charge is -2.29. The summed E-state index contributed by atoms with van der Waals surface area (Å²) in [5.74, 6) is -5.50. The Morgan fingerprint density at radius 1 is 0.940 bits per heavy atom. The van der Waals surface area contributed by atoms with Crippen molar-refractivity contribution in [2.75, 3.05) is 19.6 Å². The van der Waals surface area contributed by atoms with Crippen molar-refractivity contribution in [3.8, 4) is 0 Å². The Kier molecular flexibility index (Phi) is 15.0. The first kappa shape index (κ1) is 39.2. The maximum Gasteiger partial charge on any atom is 0.326 e. The van der Waals surface area contributed by atoms with E-state index in [0.717, 1.165) is 10.9 Å². The molecule has 1 aromatic heterocycles. The van der Waals surface area contributed by atoms with E-state index in [-0.39, 0.29) is 51.2 Å². The van der Waals surface area contributed by atoms with Crippen molar-refractivity contribution in [1.29, 1.82) is 0 Å². The number of amides is 4. The van der Waals surface area contributed by atoms with E-state index in [1.54, 1.807) is 6.20 Å². The molecule has 1 aliphatic heterocycles. The zero-order valence-electron chi connectivity index (χ0n) is 27.8. The van der Waals surface area contributed by atoms with Crippen LogP contribution in [-0.4, -0.2) is 111 Å². The van der Waals surface area contributed by atoms with E-state index in [2.05, 4.69) is 25.9 Å². The van der Waals surface area contributed by atoms with Crippen molar-refractivity contribution in [1.82, 2.24) is 25.8 Å². The smallest absolute Gasteiger partial charge is 0.326 e. The number of carbonyl (C=O) groups is 6. The van der Waals surface area contributed by atoms with Crippen LogP contribution >= 0.6 is 0 Å². The van der Waals surface area contributed by atoms with Gasteiger partial charge >= 0.3 is 11.9 Å². The summed E-state index contributed by atoms with van der Waals surface area (Å²) >= 11 is 0. The lowest BCUT2D eigenvalue weighted by molar-refractivity contribution is -0.144. The number of hydrogen-bond acceptors (Lipinski definition) is 9. The molecule has 5 unspecified atom stereocenters. The van der Waals surface area contributed by atoms with Crippen molar-refractivity contribution in [2.24, 2.45) is 27.9 Å². The van der Waals surface area contributed by atoms with Crippen LogP contribution in [0.5, 0.6) is 0 Å². The molecule has 14 N–H and O–H groups in total. The molecule has 0 bridgehead atoms. The minimum atomic E-state index is -1.35. The number of nitrogens with zero attached hydrogens (tertiary/aromatic N) is 2. The summed E-state index contributed by atoms with van der Waals surface area (Å²) in [7, 11) is 0. The number of guanidine groups is 1. The minimum Gasteiger partial charge on any atom is -0.481 e. The van der Waals surface area contributed by atoms with E-state index >= 15 is 0 Å². The van der Waals surface area contributed by atoms with Crippen LogP contribution in [0.4, 0.5) is 0 Å². The van der Waals surface area contributed by atoms with Gasteiger partial charge in [-0.05, 0) is 63.1 Å². The van der Waals surface area contributed by atoms with E-state index in [1.807, 2.05) is 24.3 Å². The second-order valence-corrected chi connectivity index (χ2v) is 12.2. The highest BCUT2D eigenvalue weighted by atomic mass is 16.4. The van der Waals surface area contributed by atoms with Gasteiger partial charge in [-0.25, -0.2) is 4.79 Å². The van der Waals surface area contributed by atoms with Crippen LogP contribution in [0, 0.1) is 0 Å². The molecule has 0 aliphatic carbocycles. The summed E-state index contributed by atoms with van der Waals surface area (Å²) in [6, 6.07) is 1.27. The molecule has 1 aromatic carbocycles. The number of aromatic amines is 1. The monoisotopic (exact) mass is 700 g/mol. The maximum atomic E-state index is 14.0. The van der Waals surface area contributed by atoms with E-state index in [1.165, 1.54) is 4.90 Å². The second kappa shape index (κ2) is 19.1. The highest BCUT2D eigenvalue weighted by Gasteiger charge is 2.38. The standard InChI is InChI=1S/C32H48N10O8/c33-12-4-3-9-23(31(49)50)40-27(45)22(10-5-13-37-32(35)36)39-28(46)24(15-18-17-38-21-8-2-1-7-19(18)21)41-29(47)25-11-6-14-42(25)30(48)20(34)16-26(43)44/h1-2,7-8,17,20,22-25,38H,3-6,9-16,33-34H2,(H,39,46)(H,40,45)(H,41,47)(H,43,44)(H,49,50)(H4,35,36,37). The number of nitrogens with one attached hydrogen (secondary N) is 4. The Balaban J connectivity index is 1.88. The molecule has 0 spiro atoms. The van der Waals surface area contributed by atoms with Gasteiger partial charge in [0.25, 0.3) is 0 Å². The number of hydrogen-bond donors (Lipinski definition) is 10. The average Bonchev–Trinajstić information content (AvgIpc) is 3.72. The van der Waals surface area contributed by atoms with Gasteiger partial charge in [0.1, 0.15) is 24.2 Å². The van der Waals surface area contributed by atoms with Gasteiger partial charge in [-0.15, -0.1) is 0 Å². The number of aliphatic carboxylic acids is 2. The van der Waals surface area contributed by atoms with Crippen molar-refractivity contribution < 1.29 is 39.0 Å². The highest BCUT2D eigenvalue weighted by Crippen LogP contribution is 2.22. The molecule has 2 aromatic rings. The molecule has 50 heavy (non-hydrogen) atoms. The molecule has 4 amide bonds. The van der Waals surface area contributed by atoms with Gasteiger partial charge in [0.05, 0.1) is 12.5 Å². The Morgan fingerprint density at radius 3 is 2.30 bits per heavy atom. The molecule has 1 saturated heterocycles. The largest absolute Gasteiger partial charge is 0.481 e. The molecule has 0 saturated carbocycles. The maximum absolute atomic E-state index is 14.0. The van der Waals surface area contributed by atoms with Gasteiger partial charge in [0.2, 0.25) is 23.6 Å². The number of likely N-dealkylation sites (tertiary alicyclic amines) is 1. The number of carboxylic acids is 2. The number of benzene rings is 1. The summed E-state index contributed by atoms with van der Waals surface area (Å²) in [6.45, 7) is 0.665. The van der Waals surface area contributed by atoms with Gasteiger partial charge in [0, 0.05) is 36.6 Å². The number of para-hydroxylation sites is 1. The van der Waals surface area contributed by atoms with Crippen LogP contribution < -0.4 is 38.9 Å². The Bertz CT molecular complexity index is 1540. The van der Waals surface area contributed by atoms with Gasteiger partial charge in [0.15, 0.2) is 5.96 Å². The fourth-order valence-electron chi connectivity index (χ4n) is 5.86. The lowest BCUT2D eigenvalue weighted by atomic mass is 10.0. The molecule has 1 fully saturated rings. The van der Waals surface area contributed by atoms with E-state index in [4.69, 9.17) is 28.0 Å². The number of unbranched alkanes of at least 4 members (excludes halogenated alkanes) is 1. The van der Waals surface area contributed by atoms with E-state index in [0.29, 0.717) is 31.4 Å². The van der Waals surface area contributed by atoms with Crippen molar-refractivity contribution in [2.45, 2.75) is 88.0 Å². The Labute approximate surface area is 288 Å².